The molecule has 6 nitrogen and oxygen atoms in total. The van der Waals surface area contributed by atoms with Gasteiger partial charge in [0.1, 0.15) is 11.5 Å². The van der Waals surface area contributed by atoms with Crippen molar-refractivity contribution in [3.8, 4) is 0 Å². The van der Waals surface area contributed by atoms with Crippen molar-refractivity contribution in [3.05, 3.63) is 69.5 Å². The van der Waals surface area contributed by atoms with Gasteiger partial charge in [-0.25, -0.2) is 4.39 Å². The van der Waals surface area contributed by atoms with Crippen LogP contribution in [-0.2, 0) is 0 Å². The Morgan fingerprint density at radius 1 is 1.27 bits per heavy atom. The molecule has 7 heteroatoms. The van der Waals surface area contributed by atoms with Crippen LogP contribution in [0, 0.1) is 15.9 Å². The topological polar surface area (TPSA) is 75.5 Å². The van der Waals surface area contributed by atoms with Crippen LogP contribution in [-0.4, -0.2) is 28.8 Å². The van der Waals surface area contributed by atoms with Crippen molar-refractivity contribution in [2.24, 2.45) is 0 Å². The number of nitro benzene ring substituents is 1. The van der Waals surface area contributed by atoms with E-state index in [9.17, 15) is 19.3 Å². The zero-order chi connectivity index (χ0) is 18.8. The fourth-order valence-electron chi connectivity index (χ4n) is 2.73. The van der Waals surface area contributed by atoms with Crippen LogP contribution in [0.15, 0.2) is 42.5 Å². The van der Waals surface area contributed by atoms with Gasteiger partial charge in [0.05, 0.1) is 11.0 Å². The third-order valence-electron chi connectivity index (χ3n) is 4.63. The lowest BCUT2D eigenvalue weighted by Gasteiger charge is -2.25. The summed E-state index contributed by atoms with van der Waals surface area (Å²) >= 11 is 0. The molecule has 1 amide bonds. The second-order valence-corrected chi connectivity index (χ2v) is 6.55. The highest BCUT2D eigenvalue weighted by Crippen LogP contribution is 2.32. The Labute approximate surface area is 150 Å². The van der Waals surface area contributed by atoms with Crippen molar-refractivity contribution in [2.45, 2.75) is 31.8 Å². The van der Waals surface area contributed by atoms with Crippen molar-refractivity contribution in [1.82, 2.24) is 4.90 Å². The smallest absolute Gasteiger partial charge is 0.293 e. The van der Waals surface area contributed by atoms with Gasteiger partial charge >= 0.3 is 0 Å². The summed E-state index contributed by atoms with van der Waals surface area (Å²) in [5.41, 5.74) is 1.35. The molecule has 1 atom stereocenters. The number of nitro groups is 1. The molecule has 1 N–H and O–H groups in total. The third-order valence-corrected chi connectivity index (χ3v) is 4.63. The Kier molecular flexibility index (Phi) is 4.88. The number of nitrogens with one attached hydrogen (secondary N) is 1. The van der Waals surface area contributed by atoms with Gasteiger partial charge in [0.15, 0.2) is 0 Å². The maximum atomic E-state index is 13.1. The molecule has 26 heavy (non-hydrogen) atoms. The van der Waals surface area contributed by atoms with Crippen LogP contribution in [0.5, 0.6) is 0 Å². The molecule has 2 aromatic rings. The van der Waals surface area contributed by atoms with E-state index in [1.165, 1.54) is 23.1 Å². The molecule has 0 spiro atoms. The fraction of sp³-hybridized carbons (Fsp3) is 0.316. The summed E-state index contributed by atoms with van der Waals surface area (Å²) in [6, 6.07) is 10.4. The second-order valence-electron chi connectivity index (χ2n) is 6.55. The fourth-order valence-corrected chi connectivity index (χ4v) is 2.73. The van der Waals surface area contributed by atoms with Crippen LogP contribution >= 0.6 is 0 Å². The predicted molar refractivity (Wildman–Crippen MR) is 96.6 cm³/mol. The molecule has 0 aromatic heterocycles. The van der Waals surface area contributed by atoms with Gasteiger partial charge in [-0.15, -0.1) is 0 Å². The largest absolute Gasteiger partial charge is 0.377 e. The zero-order valence-electron chi connectivity index (χ0n) is 14.6. The summed E-state index contributed by atoms with van der Waals surface area (Å²) in [6.45, 7) is 1.82. The van der Waals surface area contributed by atoms with Gasteiger partial charge in [-0.3, -0.25) is 14.9 Å². The number of anilines is 1. The first-order chi connectivity index (χ1) is 12.4. The van der Waals surface area contributed by atoms with Crippen LogP contribution in [0.3, 0.4) is 0 Å². The molecule has 1 unspecified atom stereocenters. The molecule has 3 rings (SSSR count). The van der Waals surface area contributed by atoms with Gasteiger partial charge < -0.3 is 10.2 Å². The molecule has 1 aliphatic carbocycles. The molecule has 1 aliphatic rings. The number of nitrogens with zero attached hydrogens (tertiary/aromatic N) is 2. The van der Waals surface area contributed by atoms with Gasteiger partial charge in [0, 0.05) is 24.7 Å². The molecule has 136 valence electrons. The third kappa shape index (κ3) is 3.82. The summed E-state index contributed by atoms with van der Waals surface area (Å²) in [4.78, 5) is 25.1. The Balaban J connectivity index is 1.82. The highest BCUT2D eigenvalue weighted by atomic mass is 19.1. The lowest BCUT2D eigenvalue weighted by Crippen LogP contribution is -2.29. The number of benzene rings is 2. The number of hydrogen-bond acceptors (Lipinski definition) is 4. The second kappa shape index (κ2) is 7.11. The maximum absolute atomic E-state index is 13.1. The average Bonchev–Trinajstić information content (AvgIpc) is 3.44. The first kappa shape index (κ1) is 17.8. The minimum absolute atomic E-state index is 0.106. The monoisotopic (exact) mass is 357 g/mol. The molecule has 0 heterocycles. The van der Waals surface area contributed by atoms with E-state index in [-0.39, 0.29) is 35.1 Å². The van der Waals surface area contributed by atoms with Gasteiger partial charge in [-0.2, -0.15) is 0 Å². The summed E-state index contributed by atoms with van der Waals surface area (Å²) in [6.07, 6.45) is 1.99. The number of hydrogen-bond donors (Lipinski definition) is 1. The molecule has 0 radical (unpaired) electrons. The van der Waals surface area contributed by atoms with Gasteiger partial charge in [0.2, 0.25) is 0 Å². The predicted octanol–water partition coefficient (Wildman–Crippen LogP) is 4.14. The number of amides is 1. The molecule has 2 aromatic carbocycles. The van der Waals surface area contributed by atoms with E-state index in [4.69, 9.17) is 0 Å². The lowest BCUT2D eigenvalue weighted by molar-refractivity contribution is -0.384. The number of carbonyl (C=O) groups is 1. The first-order valence-electron chi connectivity index (χ1n) is 8.44. The Morgan fingerprint density at radius 3 is 2.50 bits per heavy atom. The Hall–Kier alpha value is -2.96. The highest BCUT2D eigenvalue weighted by molar-refractivity contribution is 5.95. The summed E-state index contributed by atoms with van der Waals surface area (Å²) in [5.74, 6) is -0.674. The zero-order valence-corrected chi connectivity index (χ0v) is 14.6. The molecular formula is C19H20FN3O3. The molecule has 0 saturated heterocycles. The maximum Gasteiger partial charge on any atom is 0.293 e. The minimum Gasteiger partial charge on any atom is -0.377 e. The van der Waals surface area contributed by atoms with Crippen LogP contribution < -0.4 is 5.32 Å². The van der Waals surface area contributed by atoms with Crippen LogP contribution in [0.4, 0.5) is 15.8 Å². The van der Waals surface area contributed by atoms with Crippen LogP contribution in [0.25, 0.3) is 0 Å². The molecule has 1 saturated carbocycles. The SMILES string of the molecule is CC(c1ccc(F)cc1)N(C)C(=O)c1ccc(NC2CC2)c([N+](=O)[O-])c1. The van der Waals surface area contributed by atoms with E-state index in [0.29, 0.717) is 5.69 Å². The standard InChI is InChI=1S/C19H20FN3O3/c1-12(13-3-6-15(20)7-4-13)22(2)19(24)14-5-10-17(21-16-8-9-16)18(11-14)23(25)26/h3-7,10-12,16,21H,8-9H2,1-2H3. The molecular weight excluding hydrogens is 337 g/mol. The number of carbonyl (C=O) groups excluding carboxylic acids is 1. The molecule has 1 fully saturated rings. The van der Waals surface area contributed by atoms with Gasteiger partial charge in [0.25, 0.3) is 11.6 Å². The van der Waals surface area contributed by atoms with E-state index in [2.05, 4.69) is 5.32 Å². The van der Waals surface area contributed by atoms with Crippen molar-refractivity contribution in [1.29, 1.82) is 0 Å². The first-order valence-corrected chi connectivity index (χ1v) is 8.44. The summed E-state index contributed by atoms with van der Waals surface area (Å²) < 4.78 is 13.1. The van der Waals surface area contributed by atoms with Gasteiger partial charge in [-0.05, 0) is 49.6 Å². The van der Waals surface area contributed by atoms with Crippen molar-refractivity contribution < 1.29 is 14.1 Å². The van der Waals surface area contributed by atoms with Gasteiger partial charge in [-0.1, -0.05) is 12.1 Å². The van der Waals surface area contributed by atoms with Crippen LogP contribution in [0.2, 0.25) is 0 Å². The number of rotatable bonds is 6. The quantitative estimate of drug-likeness (QED) is 0.623. The van der Waals surface area contributed by atoms with Crippen molar-refractivity contribution in [3.63, 3.8) is 0 Å². The van der Waals surface area contributed by atoms with Crippen molar-refractivity contribution >= 4 is 17.3 Å². The average molecular weight is 357 g/mol. The Bertz CT molecular complexity index is 834. The van der Waals surface area contributed by atoms with E-state index < -0.39 is 4.92 Å². The van der Waals surface area contributed by atoms with Crippen molar-refractivity contribution in [2.75, 3.05) is 12.4 Å². The highest BCUT2D eigenvalue weighted by Gasteiger charge is 2.27. The lowest BCUT2D eigenvalue weighted by atomic mass is 10.1. The molecule has 0 aliphatic heterocycles. The summed E-state index contributed by atoms with van der Waals surface area (Å²) in [7, 11) is 1.62. The minimum atomic E-state index is -0.481. The van der Waals surface area contributed by atoms with E-state index >= 15 is 0 Å². The molecule has 0 bridgehead atoms. The van der Waals surface area contributed by atoms with E-state index in [0.717, 1.165) is 18.4 Å². The van der Waals surface area contributed by atoms with Crippen LogP contribution in [0.1, 0.15) is 41.7 Å². The number of halogens is 1. The normalized spacial score (nSPS) is 14.6. The van der Waals surface area contributed by atoms with E-state index in [1.54, 1.807) is 31.3 Å². The summed E-state index contributed by atoms with van der Waals surface area (Å²) in [5, 5.41) is 14.5. The van der Waals surface area contributed by atoms with E-state index in [1.807, 2.05) is 6.92 Å². The Morgan fingerprint density at radius 2 is 1.92 bits per heavy atom.